The van der Waals surface area contributed by atoms with Crippen LogP contribution in [0.1, 0.15) is 43.5 Å². The minimum atomic E-state index is 0.575. The quantitative estimate of drug-likeness (QED) is 0.752. The molecule has 0 bridgehead atoms. The molecule has 0 radical (unpaired) electrons. The van der Waals surface area contributed by atoms with Crippen molar-refractivity contribution in [1.29, 1.82) is 0 Å². The Hall–Kier alpha value is -0.890. The molecular weight excluding hydrogens is 184 g/mol. The lowest BCUT2D eigenvalue weighted by molar-refractivity contribution is 0.253. The van der Waals surface area contributed by atoms with Gasteiger partial charge in [0.25, 0.3) is 0 Å². The topological polar surface area (TPSA) is 16.1 Å². The van der Waals surface area contributed by atoms with Gasteiger partial charge in [0, 0.05) is 6.20 Å². The van der Waals surface area contributed by atoms with Gasteiger partial charge in [-0.05, 0) is 50.9 Å². The van der Waals surface area contributed by atoms with Gasteiger partial charge in [0.2, 0.25) is 0 Å². The van der Waals surface area contributed by atoms with E-state index >= 15 is 0 Å². The maximum atomic E-state index is 4.55. The molecule has 0 unspecified atom stereocenters. The van der Waals surface area contributed by atoms with Gasteiger partial charge >= 0.3 is 0 Å². The van der Waals surface area contributed by atoms with Crippen molar-refractivity contribution in [1.82, 2.24) is 9.88 Å². The SMILES string of the molecule is CCCN1CCC[C@@H]1c1ncccc1C. The molecule has 0 aliphatic carbocycles. The molecule has 1 aliphatic rings. The van der Waals surface area contributed by atoms with Gasteiger partial charge in [-0.15, -0.1) is 0 Å². The first-order valence-corrected chi connectivity index (χ1v) is 5.98. The fourth-order valence-electron chi connectivity index (χ4n) is 2.54. The highest BCUT2D eigenvalue weighted by atomic mass is 15.2. The zero-order valence-electron chi connectivity index (χ0n) is 9.74. The number of hydrogen-bond donors (Lipinski definition) is 0. The van der Waals surface area contributed by atoms with Crippen LogP contribution in [0.25, 0.3) is 0 Å². The van der Waals surface area contributed by atoms with Crippen LogP contribution in [0.2, 0.25) is 0 Å². The van der Waals surface area contributed by atoms with Gasteiger partial charge in [-0.1, -0.05) is 13.0 Å². The highest BCUT2D eigenvalue weighted by Crippen LogP contribution is 2.31. The molecule has 0 N–H and O–H groups in total. The predicted octanol–water partition coefficient (Wildman–Crippen LogP) is 2.94. The summed E-state index contributed by atoms with van der Waals surface area (Å²) >= 11 is 0. The summed E-state index contributed by atoms with van der Waals surface area (Å²) in [5.74, 6) is 0. The fraction of sp³-hybridized carbons (Fsp3) is 0.615. The molecule has 2 heterocycles. The van der Waals surface area contributed by atoms with Gasteiger partial charge in [0.1, 0.15) is 0 Å². The first-order valence-electron chi connectivity index (χ1n) is 5.98. The summed E-state index contributed by atoms with van der Waals surface area (Å²) in [7, 11) is 0. The summed E-state index contributed by atoms with van der Waals surface area (Å²) in [6.45, 7) is 6.88. The molecule has 1 aromatic rings. The Morgan fingerprint density at radius 2 is 2.40 bits per heavy atom. The van der Waals surface area contributed by atoms with Crippen LogP contribution in [0.3, 0.4) is 0 Å². The lowest BCUT2D eigenvalue weighted by Crippen LogP contribution is -2.25. The molecule has 1 atom stereocenters. The van der Waals surface area contributed by atoms with Crippen molar-refractivity contribution in [2.75, 3.05) is 13.1 Å². The van der Waals surface area contributed by atoms with Crippen LogP contribution in [0, 0.1) is 6.92 Å². The molecule has 0 spiro atoms. The van der Waals surface area contributed by atoms with Crippen LogP contribution in [0.15, 0.2) is 18.3 Å². The standard InChI is InChI=1S/C13H20N2/c1-3-9-15-10-5-7-12(15)13-11(2)6-4-8-14-13/h4,6,8,12H,3,5,7,9-10H2,1-2H3/t12-/m1/s1. The van der Waals surface area contributed by atoms with E-state index in [1.165, 1.54) is 43.6 Å². The second-order valence-electron chi connectivity index (χ2n) is 4.40. The Kier molecular flexibility index (Phi) is 3.37. The maximum absolute atomic E-state index is 4.55. The van der Waals surface area contributed by atoms with E-state index in [0.717, 1.165) is 0 Å². The number of aryl methyl sites for hydroxylation is 1. The van der Waals surface area contributed by atoms with E-state index in [9.17, 15) is 0 Å². The van der Waals surface area contributed by atoms with E-state index in [0.29, 0.717) is 6.04 Å². The van der Waals surface area contributed by atoms with Crippen molar-refractivity contribution in [3.05, 3.63) is 29.6 Å². The van der Waals surface area contributed by atoms with Gasteiger partial charge < -0.3 is 0 Å². The van der Waals surface area contributed by atoms with Gasteiger partial charge in [-0.2, -0.15) is 0 Å². The summed E-state index contributed by atoms with van der Waals surface area (Å²) < 4.78 is 0. The van der Waals surface area contributed by atoms with E-state index in [-0.39, 0.29) is 0 Å². The minimum Gasteiger partial charge on any atom is -0.295 e. The fourth-order valence-corrected chi connectivity index (χ4v) is 2.54. The first kappa shape index (κ1) is 10.6. The van der Waals surface area contributed by atoms with Crippen molar-refractivity contribution >= 4 is 0 Å². The zero-order chi connectivity index (χ0) is 10.7. The van der Waals surface area contributed by atoms with E-state index in [2.05, 4.69) is 29.8 Å². The van der Waals surface area contributed by atoms with Crippen molar-refractivity contribution in [3.63, 3.8) is 0 Å². The molecule has 1 saturated heterocycles. The Morgan fingerprint density at radius 1 is 1.53 bits per heavy atom. The predicted molar refractivity (Wildman–Crippen MR) is 62.8 cm³/mol. The monoisotopic (exact) mass is 204 g/mol. The van der Waals surface area contributed by atoms with Crippen molar-refractivity contribution in [2.24, 2.45) is 0 Å². The zero-order valence-corrected chi connectivity index (χ0v) is 9.74. The number of nitrogens with zero attached hydrogens (tertiary/aromatic N) is 2. The summed E-state index contributed by atoms with van der Waals surface area (Å²) in [5, 5.41) is 0. The first-order chi connectivity index (χ1) is 7.33. The molecule has 2 heteroatoms. The number of likely N-dealkylation sites (tertiary alicyclic amines) is 1. The molecule has 0 aromatic carbocycles. The summed E-state index contributed by atoms with van der Waals surface area (Å²) in [6, 6.07) is 4.77. The Bertz CT molecular complexity index is 322. The number of pyridine rings is 1. The third-order valence-electron chi connectivity index (χ3n) is 3.24. The maximum Gasteiger partial charge on any atom is 0.0604 e. The number of aromatic nitrogens is 1. The normalized spacial score (nSPS) is 22.1. The van der Waals surface area contributed by atoms with E-state index in [1.807, 2.05) is 12.3 Å². The summed E-state index contributed by atoms with van der Waals surface area (Å²) in [6.07, 6.45) is 5.76. The van der Waals surface area contributed by atoms with E-state index in [4.69, 9.17) is 0 Å². The summed E-state index contributed by atoms with van der Waals surface area (Å²) in [4.78, 5) is 7.13. The molecule has 2 rings (SSSR count). The van der Waals surface area contributed by atoms with Crippen molar-refractivity contribution in [2.45, 2.75) is 39.2 Å². The Morgan fingerprint density at radius 3 is 3.13 bits per heavy atom. The lowest BCUT2D eigenvalue weighted by atomic mass is 10.1. The van der Waals surface area contributed by atoms with Gasteiger partial charge in [-0.25, -0.2) is 0 Å². The number of rotatable bonds is 3. The molecule has 0 saturated carbocycles. The van der Waals surface area contributed by atoms with Gasteiger partial charge in [-0.3, -0.25) is 9.88 Å². The molecule has 15 heavy (non-hydrogen) atoms. The van der Waals surface area contributed by atoms with Crippen molar-refractivity contribution in [3.8, 4) is 0 Å². The van der Waals surface area contributed by atoms with Crippen LogP contribution in [-0.2, 0) is 0 Å². The van der Waals surface area contributed by atoms with Gasteiger partial charge in [0.15, 0.2) is 0 Å². The van der Waals surface area contributed by atoms with Crippen molar-refractivity contribution < 1.29 is 0 Å². The van der Waals surface area contributed by atoms with Crippen LogP contribution in [0.4, 0.5) is 0 Å². The largest absolute Gasteiger partial charge is 0.295 e. The van der Waals surface area contributed by atoms with Gasteiger partial charge in [0.05, 0.1) is 11.7 Å². The van der Waals surface area contributed by atoms with Crippen LogP contribution in [-0.4, -0.2) is 23.0 Å². The highest BCUT2D eigenvalue weighted by Gasteiger charge is 2.26. The Labute approximate surface area is 92.3 Å². The molecule has 1 aromatic heterocycles. The number of hydrogen-bond acceptors (Lipinski definition) is 2. The van der Waals surface area contributed by atoms with Crippen LogP contribution < -0.4 is 0 Å². The lowest BCUT2D eigenvalue weighted by Gasteiger charge is -2.24. The third-order valence-corrected chi connectivity index (χ3v) is 3.24. The smallest absolute Gasteiger partial charge is 0.0604 e. The summed E-state index contributed by atoms with van der Waals surface area (Å²) in [5.41, 5.74) is 2.63. The second-order valence-corrected chi connectivity index (χ2v) is 4.40. The molecule has 1 fully saturated rings. The molecular formula is C13H20N2. The average molecular weight is 204 g/mol. The van der Waals surface area contributed by atoms with E-state index < -0.39 is 0 Å². The van der Waals surface area contributed by atoms with Crippen LogP contribution >= 0.6 is 0 Å². The van der Waals surface area contributed by atoms with E-state index in [1.54, 1.807) is 0 Å². The second kappa shape index (κ2) is 4.75. The molecule has 1 aliphatic heterocycles. The molecule has 0 amide bonds. The molecule has 2 nitrogen and oxygen atoms in total. The minimum absolute atomic E-state index is 0.575. The highest BCUT2D eigenvalue weighted by molar-refractivity contribution is 5.21. The average Bonchev–Trinajstić information content (AvgIpc) is 2.67. The van der Waals surface area contributed by atoms with Crippen LogP contribution in [0.5, 0.6) is 0 Å². The third kappa shape index (κ3) is 2.20. The molecule has 82 valence electrons. The Balaban J connectivity index is 2.19.